The van der Waals surface area contributed by atoms with Crippen LogP contribution in [-0.4, -0.2) is 27.4 Å². The second-order valence-electron chi connectivity index (χ2n) is 7.61. The van der Waals surface area contributed by atoms with Gasteiger partial charge in [-0.3, -0.25) is 14.5 Å². The molecule has 1 aromatic heterocycles. The topological polar surface area (TPSA) is 75.2 Å². The summed E-state index contributed by atoms with van der Waals surface area (Å²) in [5, 5.41) is 8.76. The number of aryl methyl sites for hydroxylation is 1. The third-order valence-corrected chi connectivity index (χ3v) is 5.91. The first kappa shape index (κ1) is 20.2. The van der Waals surface area contributed by atoms with Crippen molar-refractivity contribution in [1.29, 1.82) is 0 Å². The zero-order chi connectivity index (χ0) is 20.9. The number of benzene rings is 2. The highest BCUT2D eigenvalue weighted by Gasteiger charge is 2.35. The molecule has 2 amide bonds. The molecule has 0 spiro atoms. The number of hydrogen-bond acceptors (Lipinski definition) is 5. The summed E-state index contributed by atoms with van der Waals surface area (Å²) in [4.78, 5) is 28.6. The molecule has 2 aromatic carbocycles. The van der Waals surface area contributed by atoms with Crippen molar-refractivity contribution in [3.63, 3.8) is 0 Å². The number of hydrogen-bond donors (Lipinski definition) is 1. The third-order valence-electron chi connectivity index (χ3n) is 5.40. The molecule has 4 rings (SSSR count). The molecule has 1 heterocycles. The second kappa shape index (κ2) is 9.17. The second-order valence-corrected chi connectivity index (χ2v) is 8.22. The number of anilines is 1. The summed E-state index contributed by atoms with van der Waals surface area (Å²) in [6.45, 7) is 1.96. The number of carbonyl (C=O) groups is 2. The van der Waals surface area contributed by atoms with Crippen molar-refractivity contribution in [2.24, 2.45) is 0 Å². The van der Waals surface area contributed by atoms with Crippen molar-refractivity contribution < 1.29 is 9.59 Å². The van der Waals surface area contributed by atoms with E-state index in [4.69, 9.17) is 0 Å². The smallest absolute Gasteiger partial charge is 0.280 e. The maximum absolute atomic E-state index is 13.5. The Balaban J connectivity index is 1.79. The molecule has 0 bridgehead atoms. The Morgan fingerprint density at radius 1 is 1.10 bits per heavy atom. The summed E-state index contributed by atoms with van der Waals surface area (Å²) >= 11 is 1.12. The first-order valence-electron chi connectivity index (χ1n) is 10.2. The van der Waals surface area contributed by atoms with Crippen molar-refractivity contribution in [3.8, 4) is 0 Å². The maximum atomic E-state index is 13.5. The predicted molar refractivity (Wildman–Crippen MR) is 117 cm³/mol. The highest BCUT2D eigenvalue weighted by Crippen LogP contribution is 2.31. The van der Waals surface area contributed by atoms with Crippen LogP contribution in [0.1, 0.15) is 53.3 Å². The highest BCUT2D eigenvalue weighted by molar-refractivity contribution is 7.03. The summed E-state index contributed by atoms with van der Waals surface area (Å²) < 4.78 is 3.84. The van der Waals surface area contributed by atoms with Crippen LogP contribution in [0.15, 0.2) is 60.0 Å². The largest absolute Gasteiger partial charge is 0.351 e. The molecule has 154 valence electrons. The van der Waals surface area contributed by atoms with E-state index in [2.05, 4.69) is 14.9 Å². The molecule has 1 aliphatic rings. The van der Waals surface area contributed by atoms with Crippen LogP contribution in [0.5, 0.6) is 0 Å². The van der Waals surface area contributed by atoms with Crippen molar-refractivity contribution >= 4 is 29.0 Å². The van der Waals surface area contributed by atoms with Gasteiger partial charge in [0.2, 0.25) is 5.91 Å². The highest BCUT2D eigenvalue weighted by atomic mass is 32.1. The van der Waals surface area contributed by atoms with Crippen molar-refractivity contribution in [2.45, 2.75) is 44.7 Å². The van der Waals surface area contributed by atoms with Gasteiger partial charge in [0.1, 0.15) is 6.04 Å². The van der Waals surface area contributed by atoms with Crippen LogP contribution in [0, 0.1) is 6.92 Å². The Morgan fingerprint density at radius 3 is 2.53 bits per heavy atom. The fourth-order valence-corrected chi connectivity index (χ4v) is 4.38. The van der Waals surface area contributed by atoms with Crippen LogP contribution < -0.4 is 10.2 Å². The molecule has 0 radical (unpaired) electrons. The minimum Gasteiger partial charge on any atom is -0.351 e. The molecule has 3 aromatic rings. The summed E-state index contributed by atoms with van der Waals surface area (Å²) in [6.07, 6.45) is 4.18. The molecule has 1 atom stereocenters. The number of nitrogens with zero attached hydrogens (tertiary/aromatic N) is 3. The normalized spacial score (nSPS) is 15.0. The first-order chi connectivity index (χ1) is 14.6. The number of carbonyl (C=O) groups excluding carboxylic acids is 2. The van der Waals surface area contributed by atoms with Gasteiger partial charge in [-0.1, -0.05) is 59.8 Å². The molecule has 7 heteroatoms. The zero-order valence-corrected chi connectivity index (χ0v) is 17.6. The summed E-state index contributed by atoms with van der Waals surface area (Å²) in [5.74, 6) is -0.518. The van der Waals surface area contributed by atoms with Gasteiger partial charge in [-0.25, -0.2) is 0 Å². The minimum atomic E-state index is -0.803. The fourth-order valence-electron chi connectivity index (χ4n) is 3.95. The lowest BCUT2D eigenvalue weighted by molar-refractivity contribution is -0.123. The van der Waals surface area contributed by atoms with Crippen molar-refractivity contribution in [2.75, 3.05) is 4.90 Å². The Kier molecular flexibility index (Phi) is 6.18. The van der Waals surface area contributed by atoms with E-state index in [0.717, 1.165) is 48.3 Å². The molecule has 1 N–H and O–H groups in total. The van der Waals surface area contributed by atoms with E-state index in [1.807, 2.05) is 61.5 Å². The molecular formula is C23H24N4O2S. The zero-order valence-electron chi connectivity index (χ0n) is 16.8. The van der Waals surface area contributed by atoms with E-state index in [9.17, 15) is 9.59 Å². The van der Waals surface area contributed by atoms with Gasteiger partial charge in [0.15, 0.2) is 5.69 Å². The Labute approximate surface area is 180 Å². The van der Waals surface area contributed by atoms with Crippen LogP contribution in [-0.2, 0) is 4.79 Å². The van der Waals surface area contributed by atoms with E-state index >= 15 is 0 Å². The van der Waals surface area contributed by atoms with Crippen molar-refractivity contribution in [1.82, 2.24) is 14.9 Å². The average molecular weight is 421 g/mol. The minimum absolute atomic E-state index is 0.152. The van der Waals surface area contributed by atoms with Crippen molar-refractivity contribution in [3.05, 3.63) is 76.8 Å². The Morgan fingerprint density at radius 2 is 1.87 bits per heavy atom. The van der Waals surface area contributed by atoms with Crippen LogP contribution in [0.25, 0.3) is 0 Å². The van der Waals surface area contributed by atoms with E-state index in [-0.39, 0.29) is 23.6 Å². The van der Waals surface area contributed by atoms with E-state index in [0.29, 0.717) is 5.69 Å². The van der Waals surface area contributed by atoms with Crippen LogP contribution in [0.3, 0.4) is 0 Å². The molecule has 30 heavy (non-hydrogen) atoms. The molecule has 1 fully saturated rings. The number of amides is 2. The molecule has 1 unspecified atom stereocenters. The van der Waals surface area contributed by atoms with E-state index in [1.54, 1.807) is 10.3 Å². The molecule has 6 nitrogen and oxygen atoms in total. The Bertz CT molecular complexity index is 1000. The van der Waals surface area contributed by atoms with Gasteiger partial charge in [-0.05, 0) is 54.6 Å². The van der Waals surface area contributed by atoms with Gasteiger partial charge in [-0.2, -0.15) is 0 Å². The summed E-state index contributed by atoms with van der Waals surface area (Å²) in [5.41, 5.74) is 2.65. The van der Waals surface area contributed by atoms with Gasteiger partial charge < -0.3 is 5.32 Å². The molecule has 0 saturated heterocycles. The quantitative estimate of drug-likeness (QED) is 0.645. The van der Waals surface area contributed by atoms with Gasteiger partial charge in [0, 0.05) is 17.1 Å². The maximum Gasteiger partial charge on any atom is 0.280 e. The van der Waals surface area contributed by atoms with E-state index in [1.165, 1.54) is 0 Å². The lowest BCUT2D eigenvalue weighted by atomic mass is 10.0. The van der Waals surface area contributed by atoms with Crippen LogP contribution in [0.4, 0.5) is 5.69 Å². The summed E-state index contributed by atoms with van der Waals surface area (Å²) in [6, 6.07) is 16.4. The number of aromatic nitrogens is 2. The fraction of sp³-hybridized carbons (Fsp3) is 0.304. The average Bonchev–Trinajstić information content (AvgIpc) is 3.46. The standard InChI is InChI=1S/C23H24N4O2S/c1-16-8-7-13-19(14-16)27(23(29)20-15-30-26-25-20)21(17-9-3-2-4-10-17)22(28)24-18-11-5-6-12-18/h2-4,7-10,13-15,18,21H,5-6,11-12H2,1H3,(H,24,28). The SMILES string of the molecule is Cc1cccc(N(C(=O)c2csnn2)C(C(=O)NC2CCCC2)c2ccccc2)c1. The number of rotatable bonds is 6. The first-order valence-corrected chi connectivity index (χ1v) is 11.0. The van der Waals surface area contributed by atoms with Gasteiger partial charge in [0.25, 0.3) is 5.91 Å². The van der Waals surface area contributed by atoms with Crippen LogP contribution in [0.2, 0.25) is 0 Å². The monoisotopic (exact) mass is 420 g/mol. The number of nitrogens with one attached hydrogen (secondary N) is 1. The van der Waals surface area contributed by atoms with E-state index < -0.39 is 6.04 Å². The molecular weight excluding hydrogens is 396 g/mol. The molecule has 1 saturated carbocycles. The lowest BCUT2D eigenvalue weighted by Gasteiger charge is -2.32. The van der Waals surface area contributed by atoms with Gasteiger partial charge in [0.05, 0.1) is 0 Å². The summed E-state index contributed by atoms with van der Waals surface area (Å²) in [7, 11) is 0. The Hall–Kier alpha value is -3.06. The molecule has 0 aliphatic heterocycles. The van der Waals surface area contributed by atoms with Gasteiger partial charge in [-0.15, -0.1) is 5.10 Å². The van der Waals surface area contributed by atoms with Crippen LogP contribution >= 0.6 is 11.5 Å². The lowest BCUT2D eigenvalue weighted by Crippen LogP contribution is -2.46. The predicted octanol–water partition coefficient (Wildman–Crippen LogP) is 4.29. The molecule has 1 aliphatic carbocycles. The third kappa shape index (κ3) is 4.41. The van der Waals surface area contributed by atoms with Gasteiger partial charge >= 0.3 is 0 Å².